The smallest absolute Gasteiger partial charge is 0.224 e. The van der Waals surface area contributed by atoms with E-state index in [1.165, 1.54) is 12.8 Å². The fraction of sp³-hybridized carbons (Fsp3) is 0.929. The summed E-state index contributed by atoms with van der Waals surface area (Å²) in [5, 5.41) is 3.34. The molecule has 1 aliphatic heterocycles. The van der Waals surface area contributed by atoms with Gasteiger partial charge in [0, 0.05) is 32.1 Å². The van der Waals surface area contributed by atoms with E-state index >= 15 is 0 Å². The van der Waals surface area contributed by atoms with Gasteiger partial charge in [0.05, 0.1) is 13.2 Å². The molecule has 1 heterocycles. The summed E-state index contributed by atoms with van der Waals surface area (Å²) in [5.41, 5.74) is 0. The summed E-state index contributed by atoms with van der Waals surface area (Å²) >= 11 is 0. The van der Waals surface area contributed by atoms with Crippen molar-refractivity contribution in [3.63, 3.8) is 0 Å². The number of nitrogens with zero attached hydrogens (tertiary/aromatic N) is 1. The molecule has 19 heavy (non-hydrogen) atoms. The zero-order chi connectivity index (χ0) is 13.0. The average Bonchev–Trinajstić information content (AvgIpc) is 2.40. The molecule has 0 aromatic heterocycles. The number of ether oxygens (including phenoxy) is 1. The second kappa shape index (κ2) is 8.08. The topological polar surface area (TPSA) is 41.6 Å². The number of hydrogen-bond donors (Lipinski definition) is 1. The Bertz CT molecular complexity index is 275. The molecule has 1 atom stereocenters. The summed E-state index contributed by atoms with van der Waals surface area (Å²) in [6.07, 6.45) is 5.42. The van der Waals surface area contributed by atoms with Crippen molar-refractivity contribution >= 4 is 18.3 Å². The molecule has 1 aliphatic carbocycles. The van der Waals surface area contributed by atoms with E-state index in [4.69, 9.17) is 4.74 Å². The maximum atomic E-state index is 12.2. The van der Waals surface area contributed by atoms with Crippen LogP contribution in [0.5, 0.6) is 0 Å². The van der Waals surface area contributed by atoms with Crippen LogP contribution in [0.1, 0.15) is 39.0 Å². The minimum Gasteiger partial charge on any atom is -0.378 e. The highest BCUT2D eigenvalue weighted by Crippen LogP contribution is 2.26. The van der Waals surface area contributed by atoms with Crippen LogP contribution in [0.2, 0.25) is 0 Å². The maximum absolute atomic E-state index is 12.2. The van der Waals surface area contributed by atoms with E-state index in [9.17, 15) is 4.79 Å². The van der Waals surface area contributed by atoms with Crippen LogP contribution in [0.4, 0.5) is 0 Å². The Morgan fingerprint density at radius 2 is 2.00 bits per heavy atom. The Balaban J connectivity index is 0.00000180. The van der Waals surface area contributed by atoms with Crippen molar-refractivity contribution in [3.8, 4) is 0 Å². The first-order valence-corrected chi connectivity index (χ1v) is 7.23. The van der Waals surface area contributed by atoms with Crippen LogP contribution < -0.4 is 5.32 Å². The number of halogens is 1. The third kappa shape index (κ3) is 4.93. The minimum absolute atomic E-state index is 0. The minimum atomic E-state index is 0. The van der Waals surface area contributed by atoms with Gasteiger partial charge in [-0.2, -0.15) is 0 Å². The van der Waals surface area contributed by atoms with E-state index in [0.29, 0.717) is 19.1 Å². The largest absolute Gasteiger partial charge is 0.378 e. The number of carbonyl (C=O) groups is 1. The molecule has 0 aromatic rings. The SMILES string of the molecule is CC1CCC(N(C)C(=O)CC2COCCN2)CC1.Cl. The lowest BCUT2D eigenvalue weighted by Gasteiger charge is -2.34. The van der Waals surface area contributed by atoms with Crippen molar-refractivity contribution < 1.29 is 9.53 Å². The standard InChI is InChI=1S/C14H26N2O2.ClH/c1-11-3-5-13(6-4-11)16(2)14(17)9-12-10-18-8-7-15-12;/h11-13,15H,3-10H2,1-2H3;1H. The van der Waals surface area contributed by atoms with Gasteiger partial charge in [0.15, 0.2) is 0 Å². The van der Waals surface area contributed by atoms with Crippen molar-refractivity contribution in [2.24, 2.45) is 5.92 Å². The van der Waals surface area contributed by atoms with Gasteiger partial charge in [-0.25, -0.2) is 0 Å². The third-order valence-corrected chi connectivity index (χ3v) is 4.35. The highest BCUT2D eigenvalue weighted by molar-refractivity contribution is 5.85. The van der Waals surface area contributed by atoms with Crippen LogP contribution in [-0.4, -0.2) is 49.7 Å². The Kier molecular flexibility index (Phi) is 7.11. The van der Waals surface area contributed by atoms with Crippen molar-refractivity contribution in [3.05, 3.63) is 0 Å². The molecule has 1 amide bonds. The Hall–Kier alpha value is -0.320. The first-order chi connectivity index (χ1) is 8.66. The summed E-state index contributed by atoms with van der Waals surface area (Å²) in [4.78, 5) is 14.2. The molecule has 0 radical (unpaired) electrons. The molecule has 0 aromatic carbocycles. The predicted octanol–water partition coefficient (Wildman–Crippen LogP) is 1.82. The summed E-state index contributed by atoms with van der Waals surface area (Å²) in [6.45, 7) is 4.60. The van der Waals surface area contributed by atoms with Crippen LogP contribution in [0.3, 0.4) is 0 Å². The van der Waals surface area contributed by atoms with Crippen LogP contribution in [-0.2, 0) is 9.53 Å². The number of carbonyl (C=O) groups excluding carboxylic acids is 1. The van der Waals surface area contributed by atoms with E-state index in [1.807, 2.05) is 11.9 Å². The number of morpholine rings is 1. The molecular formula is C14H27ClN2O2. The van der Waals surface area contributed by atoms with Crippen molar-refractivity contribution in [2.45, 2.75) is 51.1 Å². The second-order valence-electron chi connectivity index (χ2n) is 5.85. The molecule has 2 rings (SSSR count). The maximum Gasteiger partial charge on any atom is 0.224 e. The zero-order valence-corrected chi connectivity index (χ0v) is 12.9. The van der Waals surface area contributed by atoms with Crippen molar-refractivity contribution in [1.29, 1.82) is 0 Å². The molecule has 2 fully saturated rings. The highest BCUT2D eigenvalue weighted by Gasteiger charge is 2.26. The van der Waals surface area contributed by atoms with Gasteiger partial charge >= 0.3 is 0 Å². The normalized spacial score (nSPS) is 31.4. The number of rotatable bonds is 3. The molecule has 0 bridgehead atoms. The van der Waals surface area contributed by atoms with E-state index in [-0.39, 0.29) is 24.4 Å². The molecule has 1 saturated heterocycles. The van der Waals surface area contributed by atoms with Crippen LogP contribution >= 0.6 is 12.4 Å². The molecule has 1 N–H and O–H groups in total. The zero-order valence-electron chi connectivity index (χ0n) is 12.1. The van der Waals surface area contributed by atoms with Crippen LogP contribution in [0, 0.1) is 5.92 Å². The quantitative estimate of drug-likeness (QED) is 0.862. The molecule has 4 nitrogen and oxygen atoms in total. The fourth-order valence-corrected chi connectivity index (χ4v) is 2.94. The second-order valence-corrected chi connectivity index (χ2v) is 5.85. The van der Waals surface area contributed by atoms with E-state index < -0.39 is 0 Å². The summed E-state index contributed by atoms with van der Waals surface area (Å²) in [5.74, 6) is 1.09. The Morgan fingerprint density at radius 1 is 1.32 bits per heavy atom. The van der Waals surface area contributed by atoms with Gasteiger partial charge in [0.2, 0.25) is 5.91 Å². The van der Waals surface area contributed by atoms with Gasteiger partial charge in [-0.15, -0.1) is 12.4 Å². The fourth-order valence-electron chi connectivity index (χ4n) is 2.94. The molecule has 0 spiro atoms. The lowest BCUT2D eigenvalue weighted by atomic mass is 9.86. The van der Waals surface area contributed by atoms with Crippen LogP contribution in [0.15, 0.2) is 0 Å². The Morgan fingerprint density at radius 3 is 2.58 bits per heavy atom. The van der Waals surface area contributed by atoms with Crippen molar-refractivity contribution in [1.82, 2.24) is 10.2 Å². The predicted molar refractivity (Wildman–Crippen MR) is 78.7 cm³/mol. The molecular weight excluding hydrogens is 264 g/mol. The highest BCUT2D eigenvalue weighted by atomic mass is 35.5. The van der Waals surface area contributed by atoms with E-state index in [2.05, 4.69) is 12.2 Å². The molecule has 5 heteroatoms. The first kappa shape index (κ1) is 16.7. The molecule has 2 aliphatic rings. The third-order valence-electron chi connectivity index (χ3n) is 4.35. The molecule has 1 saturated carbocycles. The van der Waals surface area contributed by atoms with Gasteiger partial charge in [-0.05, 0) is 31.6 Å². The number of amides is 1. The number of nitrogens with one attached hydrogen (secondary N) is 1. The monoisotopic (exact) mass is 290 g/mol. The molecule has 112 valence electrons. The summed E-state index contributed by atoms with van der Waals surface area (Å²) < 4.78 is 5.39. The van der Waals surface area contributed by atoms with Gasteiger partial charge in [-0.3, -0.25) is 4.79 Å². The van der Waals surface area contributed by atoms with E-state index in [0.717, 1.165) is 31.9 Å². The molecule has 1 unspecified atom stereocenters. The van der Waals surface area contributed by atoms with Gasteiger partial charge < -0.3 is 15.0 Å². The van der Waals surface area contributed by atoms with Gasteiger partial charge in [-0.1, -0.05) is 6.92 Å². The van der Waals surface area contributed by atoms with Gasteiger partial charge in [0.25, 0.3) is 0 Å². The summed E-state index contributed by atoms with van der Waals surface area (Å²) in [7, 11) is 1.96. The lowest BCUT2D eigenvalue weighted by molar-refractivity contribution is -0.134. The first-order valence-electron chi connectivity index (χ1n) is 7.23. The van der Waals surface area contributed by atoms with Crippen molar-refractivity contribution in [2.75, 3.05) is 26.8 Å². The number of hydrogen-bond acceptors (Lipinski definition) is 3. The van der Waals surface area contributed by atoms with Crippen LogP contribution in [0.25, 0.3) is 0 Å². The Labute approximate surface area is 122 Å². The average molecular weight is 291 g/mol. The van der Waals surface area contributed by atoms with Gasteiger partial charge in [0.1, 0.15) is 0 Å². The van der Waals surface area contributed by atoms with E-state index in [1.54, 1.807) is 0 Å². The summed E-state index contributed by atoms with van der Waals surface area (Å²) in [6, 6.07) is 0.662. The lowest BCUT2D eigenvalue weighted by Crippen LogP contribution is -2.46.